The maximum Gasteiger partial charge on any atom is 0.225 e. The highest BCUT2D eigenvalue weighted by Crippen LogP contribution is 2.29. The summed E-state index contributed by atoms with van der Waals surface area (Å²) in [5.74, 6) is 1.77. The summed E-state index contributed by atoms with van der Waals surface area (Å²) in [4.78, 5) is 20.9. The van der Waals surface area contributed by atoms with Crippen LogP contribution in [0.4, 0.5) is 11.8 Å². The number of aryl methyl sites for hydroxylation is 1. The summed E-state index contributed by atoms with van der Waals surface area (Å²) in [5, 5.41) is 6.91. The van der Waals surface area contributed by atoms with Crippen LogP contribution in [0.2, 0.25) is 0 Å². The zero-order valence-corrected chi connectivity index (χ0v) is 18.6. The Hall–Kier alpha value is -3.41. The van der Waals surface area contributed by atoms with Crippen molar-refractivity contribution in [2.24, 2.45) is 17.6 Å². The average molecular weight is 430 g/mol. The Morgan fingerprint density at radius 1 is 0.969 bits per heavy atom. The topological polar surface area (TPSA) is 92.9 Å². The molecule has 0 aliphatic heterocycles. The number of amides is 1. The van der Waals surface area contributed by atoms with E-state index >= 15 is 0 Å². The van der Waals surface area contributed by atoms with Gasteiger partial charge in [-0.05, 0) is 49.7 Å². The van der Waals surface area contributed by atoms with Gasteiger partial charge in [-0.15, -0.1) is 0 Å². The number of carbonyl (C=O) groups is 1. The molecule has 0 unspecified atom stereocenters. The third-order valence-corrected chi connectivity index (χ3v) is 6.31. The maximum atomic E-state index is 11.4. The Morgan fingerprint density at radius 3 is 2.41 bits per heavy atom. The van der Waals surface area contributed by atoms with E-state index in [2.05, 4.69) is 54.0 Å². The number of carbonyl (C=O) groups excluding carboxylic acids is 1. The van der Waals surface area contributed by atoms with E-state index in [-0.39, 0.29) is 11.8 Å². The molecule has 0 bridgehead atoms. The first-order valence-corrected chi connectivity index (χ1v) is 11.3. The molecular formula is C26H31N5O. The predicted molar refractivity (Wildman–Crippen MR) is 129 cm³/mol. The largest absolute Gasteiger partial charge is 0.369 e. The van der Waals surface area contributed by atoms with Crippen LogP contribution in [0, 0.1) is 18.8 Å². The van der Waals surface area contributed by atoms with Gasteiger partial charge < -0.3 is 16.4 Å². The quantitative estimate of drug-likeness (QED) is 0.480. The zero-order chi connectivity index (χ0) is 22.3. The number of primary amides is 1. The van der Waals surface area contributed by atoms with Crippen molar-refractivity contribution >= 4 is 17.7 Å². The molecule has 6 heteroatoms. The van der Waals surface area contributed by atoms with E-state index in [1.54, 1.807) is 0 Å². The van der Waals surface area contributed by atoms with Crippen LogP contribution in [0.3, 0.4) is 0 Å². The molecule has 1 saturated carbocycles. The predicted octanol–water partition coefficient (Wildman–Crippen LogP) is 4.77. The molecule has 4 rings (SSSR count). The second-order valence-electron chi connectivity index (χ2n) is 8.61. The van der Waals surface area contributed by atoms with Gasteiger partial charge in [-0.2, -0.15) is 4.98 Å². The molecule has 0 spiro atoms. The fourth-order valence-corrected chi connectivity index (χ4v) is 4.25. The minimum absolute atomic E-state index is 0.0288. The molecule has 6 nitrogen and oxygen atoms in total. The molecule has 1 fully saturated rings. The summed E-state index contributed by atoms with van der Waals surface area (Å²) in [6.45, 7) is 3.61. The van der Waals surface area contributed by atoms with E-state index in [9.17, 15) is 4.79 Å². The highest BCUT2D eigenvalue weighted by Gasteiger charge is 2.24. The SMILES string of the molecule is Cc1ccccc1CNc1cc(-c2ccccc2)nc(NCC2CCC(C(N)=O)CC2)n1. The third-order valence-electron chi connectivity index (χ3n) is 6.31. The van der Waals surface area contributed by atoms with Crippen molar-refractivity contribution in [3.05, 3.63) is 71.8 Å². The lowest BCUT2D eigenvalue weighted by Gasteiger charge is -2.26. The van der Waals surface area contributed by atoms with Crippen molar-refractivity contribution in [1.82, 2.24) is 9.97 Å². The molecule has 166 valence electrons. The monoisotopic (exact) mass is 429 g/mol. The van der Waals surface area contributed by atoms with E-state index in [4.69, 9.17) is 15.7 Å². The lowest BCUT2D eigenvalue weighted by Crippen LogP contribution is -2.29. The second-order valence-corrected chi connectivity index (χ2v) is 8.61. The Morgan fingerprint density at radius 2 is 1.69 bits per heavy atom. The Labute approximate surface area is 189 Å². The molecule has 3 aromatic rings. The summed E-state index contributed by atoms with van der Waals surface area (Å²) in [7, 11) is 0. The van der Waals surface area contributed by atoms with Crippen LogP contribution in [0.25, 0.3) is 11.3 Å². The first-order chi connectivity index (χ1) is 15.6. The first kappa shape index (κ1) is 21.8. The Kier molecular flexibility index (Phi) is 7.00. The van der Waals surface area contributed by atoms with Gasteiger partial charge in [-0.1, -0.05) is 54.6 Å². The van der Waals surface area contributed by atoms with Crippen LogP contribution in [0.1, 0.15) is 36.8 Å². The molecule has 1 aromatic heterocycles. The molecule has 2 aromatic carbocycles. The van der Waals surface area contributed by atoms with Crippen LogP contribution in [-0.2, 0) is 11.3 Å². The van der Waals surface area contributed by atoms with Gasteiger partial charge in [0.05, 0.1) is 5.69 Å². The van der Waals surface area contributed by atoms with Gasteiger partial charge in [-0.25, -0.2) is 4.98 Å². The summed E-state index contributed by atoms with van der Waals surface area (Å²) >= 11 is 0. The Balaban J connectivity index is 1.47. The average Bonchev–Trinajstić information content (AvgIpc) is 2.83. The van der Waals surface area contributed by atoms with Crippen LogP contribution in [-0.4, -0.2) is 22.4 Å². The molecular weight excluding hydrogens is 398 g/mol. The van der Waals surface area contributed by atoms with E-state index in [1.165, 1.54) is 11.1 Å². The smallest absolute Gasteiger partial charge is 0.225 e. The highest BCUT2D eigenvalue weighted by molar-refractivity contribution is 5.76. The molecule has 0 saturated heterocycles. The number of nitrogens with two attached hydrogens (primary N) is 1. The van der Waals surface area contributed by atoms with Gasteiger partial charge in [0.1, 0.15) is 5.82 Å². The zero-order valence-electron chi connectivity index (χ0n) is 18.6. The number of hydrogen-bond donors (Lipinski definition) is 3. The minimum Gasteiger partial charge on any atom is -0.369 e. The molecule has 1 heterocycles. The fourth-order valence-electron chi connectivity index (χ4n) is 4.25. The number of hydrogen-bond acceptors (Lipinski definition) is 5. The van der Waals surface area contributed by atoms with Gasteiger partial charge in [0.25, 0.3) is 0 Å². The molecule has 1 amide bonds. The lowest BCUT2D eigenvalue weighted by molar-refractivity contribution is -0.122. The van der Waals surface area contributed by atoms with Crippen molar-refractivity contribution in [1.29, 1.82) is 0 Å². The lowest BCUT2D eigenvalue weighted by atomic mass is 9.82. The number of aromatic nitrogens is 2. The third kappa shape index (κ3) is 5.63. The van der Waals surface area contributed by atoms with Crippen molar-refractivity contribution in [3.63, 3.8) is 0 Å². The molecule has 32 heavy (non-hydrogen) atoms. The highest BCUT2D eigenvalue weighted by atomic mass is 16.1. The number of anilines is 2. The van der Waals surface area contributed by atoms with E-state index in [0.29, 0.717) is 18.4 Å². The van der Waals surface area contributed by atoms with Crippen molar-refractivity contribution in [2.45, 2.75) is 39.2 Å². The van der Waals surface area contributed by atoms with E-state index in [1.807, 2.05) is 24.3 Å². The van der Waals surface area contributed by atoms with Gasteiger partial charge in [0, 0.05) is 30.6 Å². The van der Waals surface area contributed by atoms with Crippen molar-refractivity contribution in [2.75, 3.05) is 17.2 Å². The maximum absolute atomic E-state index is 11.4. The summed E-state index contributed by atoms with van der Waals surface area (Å²) in [5.41, 5.74) is 9.90. The van der Waals surface area contributed by atoms with Gasteiger partial charge >= 0.3 is 0 Å². The van der Waals surface area contributed by atoms with Crippen LogP contribution >= 0.6 is 0 Å². The number of benzene rings is 2. The van der Waals surface area contributed by atoms with E-state index < -0.39 is 0 Å². The van der Waals surface area contributed by atoms with E-state index in [0.717, 1.165) is 49.3 Å². The first-order valence-electron chi connectivity index (χ1n) is 11.3. The van der Waals surface area contributed by atoms with Crippen molar-refractivity contribution in [3.8, 4) is 11.3 Å². The summed E-state index contributed by atoms with van der Waals surface area (Å²) in [6, 6.07) is 20.5. The molecule has 0 atom stereocenters. The number of nitrogens with one attached hydrogen (secondary N) is 2. The van der Waals surface area contributed by atoms with Gasteiger partial charge in [0.15, 0.2) is 0 Å². The van der Waals surface area contributed by atoms with Crippen LogP contribution in [0.5, 0.6) is 0 Å². The fraction of sp³-hybridized carbons (Fsp3) is 0.346. The minimum atomic E-state index is -0.167. The second kappa shape index (κ2) is 10.3. The van der Waals surface area contributed by atoms with Crippen molar-refractivity contribution < 1.29 is 4.79 Å². The molecule has 0 radical (unpaired) electrons. The molecule has 1 aliphatic rings. The summed E-state index contributed by atoms with van der Waals surface area (Å²) in [6.07, 6.45) is 3.74. The summed E-state index contributed by atoms with van der Waals surface area (Å²) < 4.78 is 0. The van der Waals surface area contributed by atoms with Gasteiger partial charge in [0.2, 0.25) is 11.9 Å². The van der Waals surface area contributed by atoms with Gasteiger partial charge in [-0.3, -0.25) is 4.79 Å². The number of rotatable bonds is 8. The van der Waals surface area contributed by atoms with Crippen LogP contribution < -0.4 is 16.4 Å². The molecule has 1 aliphatic carbocycles. The number of nitrogens with zero attached hydrogens (tertiary/aromatic N) is 2. The molecule has 4 N–H and O–H groups in total. The van der Waals surface area contributed by atoms with Crippen LogP contribution in [0.15, 0.2) is 60.7 Å². The normalized spacial score (nSPS) is 18.2. The Bertz CT molecular complexity index is 1050. The standard InChI is InChI=1S/C26H31N5O/c1-18-7-5-6-10-22(18)17-28-24-15-23(20-8-3-2-4-9-20)30-26(31-24)29-16-19-11-13-21(14-12-19)25(27)32/h2-10,15,19,21H,11-14,16-17H2,1H3,(H2,27,32)(H2,28,29,30,31).